The molecule has 166 valence electrons. The summed E-state index contributed by atoms with van der Waals surface area (Å²) in [7, 11) is 0. The molecule has 1 aliphatic rings. The van der Waals surface area contributed by atoms with Crippen molar-refractivity contribution in [2.75, 3.05) is 13.2 Å². The number of amides is 2. The van der Waals surface area contributed by atoms with E-state index in [2.05, 4.69) is 0 Å². The molecule has 1 aliphatic heterocycles. The number of hydrogen-bond donors (Lipinski definition) is 0. The van der Waals surface area contributed by atoms with Crippen molar-refractivity contribution >= 4 is 41.1 Å². The van der Waals surface area contributed by atoms with Crippen molar-refractivity contribution in [2.45, 2.75) is 33.3 Å². The molecular formula is C24H22Cl2N2O4. The Labute approximate surface area is 196 Å². The molecule has 0 saturated heterocycles. The second kappa shape index (κ2) is 10.2. The van der Waals surface area contributed by atoms with E-state index >= 15 is 0 Å². The van der Waals surface area contributed by atoms with Gasteiger partial charge in [-0.1, -0.05) is 23.2 Å². The summed E-state index contributed by atoms with van der Waals surface area (Å²) < 4.78 is 11.3. The van der Waals surface area contributed by atoms with Gasteiger partial charge in [-0.05, 0) is 69.2 Å². The van der Waals surface area contributed by atoms with Crippen molar-refractivity contribution in [1.29, 1.82) is 5.26 Å². The Morgan fingerprint density at radius 2 is 1.94 bits per heavy atom. The smallest absolute Gasteiger partial charge is 0.271 e. The van der Waals surface area contributed by atoms with E-state index in [9.17, 15) is 14.9 Å². The van der Waals surface area contributed by atoms with E-state index in [1.54, 1.807) is 37.3 Å². The molecule has 0 bridgehead atoms. The predicted octanol–water partition coefficient (Wildman–Crippen LogP) is 5.66. The Hall–Kier alpha value is -2.85. The maximum Gasteiger partial charge on any atom is 0.271 e. The molecule has 8 heteroatoms. The van der Waals surface area contributed by atoms with Gasteiger partial charge < -0.3 is 9.15 Å². The van der Waals surface area contributed by atoms with Gasteiger partial charge in [-0.25, -0.2) is 0 Å². The van der Waals surface area contributed by atoms with Gasteiger partial charge in [-0.3, -0.25) is 14.5 Å². The quantitative estimate of drug-likeness (QED) is 0.294. The lowest BCUT2D eigenvalue weighted by molar-refractivity contribution is -0.140. The average Bonchev–Trinajstić information content (AvgIpc) is 3.19. The number of halogens is 2. The van der Waals surface area contributed by atoms with Gasteiger partial charge in [-0.15, -0.1) is 0 Å². The van der Waals surface area contributed by atoms with E-state index in [-0.39, 0.29) is 23.8 Å². The van der Waals surface area contributed by atoms with Crippen LogP contribution < -0.4 is 0 Å². The molecule has 0 aliphatic carbocycles. The highest BCUT2D eigenvalue weighted by Crippen LogP contribution is 2.33. The number of imide groups is 1. The van der Waals surface area contributed by atoms with E-state index in [0.717, 1.165) is 4.90 Å². The van der Waals surface area contributed by atoms with Gasteiger partial charge in [0, 0.05) is 29.3 Å². The number of benzene rings is 1. The third-order valence-electron chi connectivity index (χ3n) is 4.91. The number of nitrogens with zero attached hydrogens (tertiary/aromatic N) is 2. The van der Waals surface area contributed by atoms with Crippen LogP contribution in [-0.2, 0) is 14.3 Å². The van der Waals surface area contributed by atoms with E-state index in [1.165, 1.54) is 6.08 Å². The first kappa shape index (κ1) is 23.8. The van der Waals surface area contributed by atoms with Crippen molar-refractivity contribution in [3.63, 3.8) is 0 Å². The van der Waals surface area contributed by atoms with Gasteiger partial charge in [-0.2, -0.15) is 5.26 Å². The molecule has 2 amide bonds. The molecule has 0 atom stereocenters. The lowest BCUT2D eigenvalue weighted by Gasteiger charge is -2.27. The number of furan rings is 1. The van der Waals surface area contributed by atoms with Crippen LogP contribution in [0.1, 0.15) is 33.0 Å². The van der Waals surface area contributed by atoms with E-state index < -0.39 is 11.8 Å². The SMILES string of the molecule is CC1=C(C#N)C(=O)N(CCCOC(C)C)C(=O)/C1=C/c1ccc(-c2ccc(Cl)cc2Cl)o1. The van der Waals surface area contributed by atoms with Gasteiger partial charge in [0.15, 0.2) is 0 Å². The van der Waals surface area contributed by atoms with Gasteiger partial charge in [0.05, 0.1) is 11.1 Å². The molecule has 3 rings (SSSR count). The fraction of sp³-hybridized carbons (Fsp3) is 0.292. The first-order valence-corrected chi connectivity index (χ1v) is 10.8. The Bertz CT molecular complexity index is 1150. The van der Waals surface area contributed by atoms with Gasteiger partial charge >= 0.3 is 0 Å². The molecule has 0 fully saturated rings. The van der Waals surface area contributed by atoms with E-state index in [1.807, 2.05) is 19.9 Å². The van der Waals surface area contributed by atoms with Crippen molar-refractivity contribution < 1.29 is 18.7 Å². The molecule has 0 N–H and O–H groups in total. The van der Waals surface area contributed by atoms with Crippen molar-refractivity contribution in [3.8, 4) is 17.4 Å². The summed E-state index contributed by atoms with van der Waals surface area (Å²) in [5.74, 6) is -0.172. The highest BCUT2D eigenvalue weighted by atomic mass is 35.5. The number of nitriles is 1. The normalized spacial score (nSPS) is 15.8. The molecule has 2 heterocycles. The van der Waals surface area contributed by atoms with E-state index in [0.29, 0.717) is 45.7 Å². The molecule has 0 spiro atoms. The average molecular weight is 473 g/mol. The predicted molar refractivity (Wildman–Crippen MR) is 123 cm³/mol. The van der Waals surface area contributed by atoms with Crippen LogP contribution in [0.3, 0.4) is 0 Å². The first-order chi connectivity index (χ1) is 15.2. The Kier molecular flexibility index (Phi) is 7.57. The van der Waals surface area contributed by atoms with Crippen LogP contribution >= 0.6 is 23.2 Å². The minimum absolute atomic E-state index is 0.0531. The van der Waals surface area contributed by atoms with Crippen molar-refractivity contribution in [2.24, 2.45) is 0 Å². The molecule has 6 nitrogen and oxygen atoms in total. The minimum atomic E-state index is -0.593. The summed E-state index contributed by atoms with van der Waals surface area (Å²) in [4.78, 5) is 26.8. The molecule has 1 aromatic carbocycles. The maximum absolute atomic E-state index is 13.1. The Morgan fingerprint density at radius 1 is 1.19 bits per heavy atom. The third-order valence-corrected chi connectivity index (χ3v) is 5.46. The molecule has 0 saturated carbocycles. The molecular weight excluding hydrogens is 451 g/mol. The van der Waals surface area contributed by atoms with Crippen LogP contribution in [0.5, 0.6) is 0 Å². The highest BCUT2D eigenvalue weighted by Gasteiger charge is 2.35. The number of carbonyl (C=O) groups is 2. The van der Waals surface area contributed by atoms with Crippen molar-refractivity contribution in [3.05, 3.63) is 62.9 Å². The standard InChI is InChI=1S/C24H22Cl2N2O4/c1-14(2)31-10-4-9-28-23(29)19(15(3)20(13-27)24(28)30)12-17-6-8-22(32-17)18-7-5-16(25)11-21(18)26/h5-8,11-12,14H,4,9-10H2,1-3H3/b19-12+. The summed E-state index contributed by atoms with van der Waals surface area (Å²) in [5, 5.41) is 10.4. The van der Waals surface area contributed by atoms with Crippen LogP contribution in [0, 0.1) is 11.3 Å². The monoisotopic (exact) mass is 472 g/mol. The summed E-state index contributed by atoms with van der Waals surface area (Å²) in [6.07, 6.45) is 2.06. The second-order valence-electron chi connectivity index (χ2n) is 7.53. The topological polar surface area (TPSA) is 83.5 Å². The number of carbonyl (C=O) groups excluding carboxylic acids is 2. The maximum atomic E-state index is 13.1. The van der Waals surface area contributed by atoms with Crippen LogP contribution in [-0.4, -0.2) is 36.0 Å². The summed E-state index contributed by atoms with van der Waals surface area (Å²) in [6, 6.07) is 10.4. The minimum Gasteiger partial charge on any atom is -0.457 e. The second-order valence-corrected chi connectivity index (χ2v) is 8.37. The van der Waals surface area contributed by atoms with Crippen LogP contribution in [0.4, 0.5) is 0 Å². The molecule has 1 aromatic heterocycles. The molecule has 0 radical (unpaired) electrons. The molecule has 2 aromatic rings. The fourth-order valence-electron chi connectivity index (χ4n) is 3.28. The lowest BCUT2D eigenvalue weighted by Crippen LogP contribution is -2.43. The zero-order valence-corrected chi connectivity index (χ0v) is 19.5. The van der Waals surface area contributed by atoms with E-state index in [4.69, 9.17) is 32.4 Å². The highest BCUT2D eigenvalue weighted by molar-refractivity contribution is 6.36. The number of ether oxygens (including phenoxy) is 1. The van der Waals surface area contributed by atoms with Gasteiger partial charge in [0.2, 0.25) is 0 Å². The zero-order valence-electron chi connectivity index (χ0n) is 17.9. The zero-order chi connectivity index (χ0) is 23.4. The van der Waals surface area contributed by atoms with Crippen LogP contribution in [0.15, 0.2) is 51.5 Å². The van der Waals surface area contributed by atoms with Gasteiger partial charge in [0.1, 0.15) is 23.2 Å². The summed E-state index contributed by atoms with van der Waals surface area (Å²) in [5.41, 5.74) is 1.14. The van der Waals surface area contributed by atoms with Crippen molar-refractivity contribution in [1.82, 2.24) is 4.90 Å². The van der Waals surface area contributed by atoms with Crippen LogP contribution in [0.25, 0.3) is 17.4 Å². The molecule has 32 heavy (non-hydrogen) atoms. The first-order valence-electron chi connectivity index (χ1n) is 10.1. The number of rotatable bonds is 7. The Morgan fingerprint density at radius 3 is 2.59 bits per heavy atom. The lowest BCUT2D eigenvalue weighted by atomic mass is 9.94. The summed E-state index contributed by atoms with van der Waals surface area (Å²) in [6.45, 7) is 5.96. The number of hydrogen-bond acceptors (Lipinski definition) is 5. The third kappa shape index (κ3) is 5.13. The molecule has 0 unspecified atom stereocenters. The fourth-order valence-corrected chi connectivity index (χ4v) is 3.78. The summed E-state index contributed by atoms with van der Waals surface area (Å²) >= 11 is 12.2. The Balaban J connectivity index is 1.91. The van der Waals surface area contributed by atoms with Crippen LogP contribution in [0.2, 0.25) is 10.0 Å². The van der Waals surface area contributed by atoms with Gasteiger partial charge in [0.25, 0.3) is 11.8 Å². The largest absolute Gasteiger partial charge is 0.457 e.